The Labute approximate surface area is 154 Å². The average Bonchev–Trinajstić information content (AvgIpc) is 2.77. The number of likely N-dealkylation sites (N-methyl/N-ethyl adjacent to an activating group) is 1. The fourth-order valence-corrected chi connectivity index (χ4v) is 4.42. The van der Waals surface area contributed by atoms with Crippen molar-refractivity contribution < 1.29 is 9.53 Å². The Balaban J connectivity index is 2.02. The first-order valence-corrected chi connectivity index (χ1v) is 10.2. The molecule has 2 rings (SSSR count). The van der Waals surface area contributed by atoms with E-state index >= 15 is 0 Å². The molecule has 5 heteroatoms. The molecule has 0 saturated carbocycles. The third-order valence-corrected chi connectivity index (χ3v) is 5.77. The Hall–Kier alpha value is -0.810. The number of hydrogen-bond acceptors (Lipinski definition) is 4. The Morgan fingerprint density at radius 1 is 1.00 bits per heavy atom. The number of amides is 1. The summed E-state index contributed by atoms with van der Waals surface area (Å²) in [7, 11) is 0. The summed E-state index contributed by atoms with van der Waals surface area (Å²) in [6.07, 6.45) is 5.66. The first-order chi connectivity index (χ1) is 11.8. The smallest absolute Gasteiger partial charge is 0.410 e. The zero-order valence-electron chi connectivity index (χ0n) is 17.1. The molecule has 2 aliphatic heterocycles. The van der Waals surface area contributed by atoms with Gasteiger partial charge in [0.05, 0.1) is 0 Å². The fraction of sp³-hybridized carbons (Fsp3) is 0.950. The van der Waals surface area contributed by atoms with E-state index in [-0.39, 0.29) is 11.6 Å². The molecule has 2 saturated heterocycles. The first-order valence-electron chi connectivity index (χ1n) is 10.2. The number of piperazine rings is 1. The van der Waals surface area contributed by atoms with E-state index in [2.05, 4.69) is 23.6 Å². The fourth-order valence-electron chi connectivity index (χ4n) is 4.42. The summed E-state index contributed by atoms with van der Waals surface area (Å²) in [4.78, 5) is 19.7. The van der Waals surface area contributed by atoms with Crippen LogP contribution in [0.3, 0.4) is 0 Å². The van der Waals surface area contributed by atoms with Gasteiger partial charge in [-0.05, 0) is 53.0 Å². The van der Waals surface area contributed by atoms with Crippen LogP contribution in [0.4, 0.5) is 4.79 Å². The van der Waals surface area contributed by atoms with Crippen LogP contribution in [0.25, 0.3) is 0 Å². The van der Waals surface area contributed by atoms with Crippen molar-refractivity contribution in [2.45, 2.75) is 77.9 Å². The third kappa shape index (κ3) is 5.58. The number of likely N-dealkylation sites (tertiary alicyclic amines) is 1. The summed E-state index contributed by atoms with van der Waals surface area (Å²) < 4.78 is 5.60. The molecule has 1 amide bonds. The molecule has 0 aliphatic carbocycles. The van der Waals surface area contributed by atoms with Gasteiger partial charge in [0.25, 0.3) is 0 Å². The molecular weight excluding hydrogens is 314 g/mol. The number of nitrogens with zero attached hydrogens (tertiary/aromatic N) is 3. The van der Waals surface area contributed by atoms with Crippen LogP contribution < -0.4 is 0 Å². The van der Waals surface area contributed by atoms with Crippen molar-refractivity contribution >= 4 is 6.09 Å². The summed E-state index contributed by atoms with van der Waals surface area (Å²) >= 11 is 0. The van der Waals surface area contributed by atoms with Crippen LogP contribution >= 0.6 is 0 Å². The second-order valence-electron chi connectivity index (χ2n) is 8.72. The maximum atomic E-state index is 12.5. The topological polar surface area (TPSA) is 36.0 Å². The van der Waals surface area contributed by atoms with E-state index < -0.39 is 5.60 Å². The van der Waals surface area contributed by atoms with Gasteiger partial charge in [0, 0.05) is 44.8 Å². The molecule has 0 radical (unpaired) electrons. The van der Waals surface area contributed by atoms with Crippen LogP contribution in [0.1, 0.15) is 66.7 Å². The van der Waals surface area contributed by atoms with Crippen LogP contribution in [-0.2, 0) is 4.74 Å². The number of rotatable bonds is 4. The van der Waals surface area contributed by atoms with Gasteiger partial charge in [-0.15, -0.1) is 0 Å². The lowest BCUT2D eigenvalue weighted by molar-refractivity contribution is 0.0116. The molecule has 2 aliphatic rings. The molecule has 25 heavy (non-hydrogen) atoms. The third-order valence-electron chi connectivity index (χ3n) is 5.77. The summed E-state index contributed by atoms with van der Waals surface area (Å²) in [5, 5.41) is 0. The maximum Gasteiger partial charge on any atom is 0.410 e. The summed E-state index contributed by atoms with van der Waals surface area (Å²) in [6, 6.07) is 0. The minimum absolute atomic E-state index is 0.143. The van der Waals surface area contributed by atoms with Crippen molar-refractivity contribution in [1.29, 1.82) is 0 Å². The van der Waals surface area contributed by atoms with Crippen molar-refractivity contribution in [3.8, 4) is 0 Å². The van der Waals surface area contributed by atoms with Crippen LogP contribution in [0, 0.1) is 0 Å². The van der Waals surface area contributed by atoms with Gasteiger partial charge in [0.1, 0.15) is 5.60 Å². The normalized spacial score (nSPS) is 27.2. The average molecular weight is 354 g/mol. The minimum atomic E-state index is -0.416. The van der Waals surface area contributed by atoms with Crippen molar-refractivity contribution in [3.63, 3.8) is 0 Å². The monoisotopic (exact) mass is 353 g/mol. The lowest BCUT2D eigenvalue weighted by Gasteiger charge is -2.48. The van der Waals surface area contributed by atoms with E-state index in [1.165, 1.54) is 45.4 Å². The summed E-state index contributed by atoms with van der Waals surface area (Å²) in [5.74, 6) is 0. The maximum absolute atomic E-state index is 12.5. The Kier molecular flexibility index (Phi) is 7.15. The van der Waals surface area contributed by atoms with Crippen LogP contribution in [-0.4, -0.2) is 77.7 Å². The minimum Gasteiger partial charge on any atom is -0.444 e. The molecule has 2 fully saturated rings. The van der Waals surface area contributed by atoms with E-state index in [1.54, 1.807) is 0 Å². The molecule has 0 bridgehead atoms. The molecule has 0 aromatic carbocycles. The van der Waals surface area contributed by atoms with E-state index in [1.807, 2.05) is 25.7 Å². The standard InChI is InChI=1S/C20H39N3O2/c1-6-9-20(23-16-14-21(7-2)15-17-23)10-8-12-22(13-11-20)18(24)25-19(3,4)5/h6-17H2,1-5H3. The lowest BCUT2D eigenvalue weighted by atomic mass is 9.83. The SMILES string of the molecule is CCCC1(N2CCN(CC)CC2)CCCN(C(=O)OC(C)(C)C)CC1. The van der Waals surface area contributed by atoms with E-state index in [9.17, 15) is 4.79 Å². The second kappa shape index (κ2) is 8.72. The highest BCUT2D eigenvalue weighted by molar-refractivity contribution is 5.68. The molecule has 1 atom stereocenters. The lowest BCUT2D eigenvalue weighted by Crippen LogP contribution is -2.57. The summed E-state index contributed by atoms with van der Waals surface area (Å²) in [6.45, 7) is 17.9. The number of carbonyl (C=O) groups excluding carboxylic acids is 1. The largest absolute Gasteiger partial charge is 0.444 e. The quantitative estimate of drug-likeness (QED) is 0.774. The van der Waals surface area contributed by atoms with Gasteiger partial charge < -0.3 is 14.5 Å². The highest BCUT2D eigenvalue weighted by atomic mass is 16.6. The van der Waals surface area contributed by atoms with Crippen molar-refractivity contribution in [2.75, 3.05) is 45.8 Å². The van der Waals surface area contributed by atoms with E-state index in [0.29, 0.717) is 0 Å². The Bertz CT molecular complexity index is 427. The zero-order valence-corrected chi connectivity index (χ0v) is 17.1. The molecule has 0 spiro atoms. The van der Waals surface area contributed by atoms with Gasteiger partial charge in [-0.2, -0.15) is 0 Å². The highest BCUT2D eigenvalue weighted by Crippen LogP contribution is 2.34. The number of hydrogen-bond donors (Lipinski definition) is 0. The van der Waals surface area contributed by atoms with E-state index in [0.717, 1.165) is 32.5 Å². The molecule has 2 heterocycles. The van der Waals surface area contributed by atoms with E-state index in [4.69, 9.17) is 4.74 Å². The van der Waals surface area contributed by atoms with Gasteiger partial charge in [0.2, 0.25) is 0 Å². The van der Waals surface area contributed by atoms with Gasteiger partial charge in [-0.3, -0.25) is 4.90 Å². The van der Waals surface area contributed by atoms with Gasteiger partial charge in [-0.25, -0.2) is 4.79 Å². The Morgan fingerprint density at radius 2 is 1.68 bits per heavy atom. The number of ether oxygens (including phenoxy) is 1. The molecule has 1 unspecified atom stereocenters. The number of carbonyl (C=O) groups is 1. The predicted molar refractivity (Wildman–Crippen MR) is 103 cm³/mol. The van der Waals surface area contributed by atoms with Gasteiger partial charge in [0.15, 0.2) is 0 Å². The highest BCUT2D eigenvalue weighted by Gasteiger charge is 2.39. The van der Waals surface area contributed by atoms with Gasteiger partial charge in [-0.1, -0.05) is 20.3 Å². The van der Waals surface area contributed by atoms with Crippen LogP contribution in [0.5, 0.6) is 0 Å². The predicted octanol–water partition coefficient (Wildman–Crippen LogP) is 3.58. The van der Waals surface area contributed by atoms with Crippen molar-refractivity contribution in [1.82, 2.24) is 14.7 Å². The molecule has 0 N–H and O–H groups in total. The van der Waals surface area contributed by atoms with Crippen molar-refractivity contribution in [2.24, 2.45) is 0 Å². The first kappa shape index (κ1) is 20.5. The molecule has 0 aromatic rings. The van der Waals surface area contributed by atoms with Crippen molar-refractivity contribution in [3.05, 3.63) is 0 Å². The molecule has 0 aromatic heterocycles. The van der Waals surface area contributed by atoms with Gasteiger partial charge >= 0.3 is 6.09 Å². The Morgan fingerprint density at radius 3 is 2.24 bits per heavy atom. The molecular formula is C20H39N3O2. The zero-order chi connectivity index (χ0) is 18.5. The van der Waals surface area contributed by atoms with Crippen LogP contribution in [0.15, 0.2) is 0 Å². The molecule has 146 valence electrons. The molecule has 5 nitrogen and oxygen atoms in total. The van der Waals surface area contributed by atoms with Crippen LogP contribution in [0.2, 0.25) is 0 Å². The summed E-state index contributed by atoms with van der Waals surface area (Å²) in [5.41, 5.74) is -0.147. The second-order valence-corrected chi connectivity index (χ2v) is 8.72.